The van der Waals surface area contributed by atoms with Crippen molar-refractivity contribution in [2.75, 3.05) is 13.2 Å². The van der Waals surface area contributed by atoms with Crippen molar-refractivity contribution in [3.05, 3.63) is 0 Å². The highest BCUT2D eigenvalue weighted by Gasteiger charge is 2.31. The maximum Gasteiger partial charge on any atom is 0.226 e. The van der Waals surface area contributed by atoms with Crippen molar-refractivity contribution in [1.29, 1.82) is 0 Å². The van der Waals surface area contributed by atoms with Gasteiger partial charge in [0.05, 0.1) is 12.6 Å². The van der Waals surface area contributed by atoms with Crippen molar-refractivity contribution < 1.29 is 9.90 Å². The van der Waals surface area contributed by atoms with Crippen LogP contribution in [-0.4, -0.2) is 35.1 Å². The fraction of sp³-hybridized carbons (Fsp3) is 0.938. The van der Waals surface area contributed by atoms with E-state index in [-0.39, 0.29) is 18.6 Å². The molecule has 0 unspecified atom stereocenters. The number of hydrogen-bond donors (Lipinski definition) is 1. The Kier molecular flexibility index (Phi) is 8.11. The molecule has 1 fully saturated rings. The van der Waals surface area contributed by atoms with Crippen molar-refractivity contribution in [3.8, 4) is 0 Å². The Labute approximate surface area is 118 Å². The van der Waals surface area contributed by atoms with E-state index in [0.29, 0.717) is 5.91 Å². The number of hydrogen-bond acceptors (Lipinski definition) is 2. The number of likely N-dealkylation sites (tertiary alicyclic amines) is 1. The molecule has 1 heterocycles. The lowest BCUT2D eigenvalue weighted by Gasteiger charge is -2.28. The van der Waals surface area contributed by atoms with E-state index in [0.717, 1.165) is 38.6 Å². The predicted octanol–water partition coefficient (Wildman–Crippen LogP) is 3.36. The van der Waals surface area contributed by atoms with Crippen LogP contribution in [0.15, 0.2) is 0 Å². The third-order valence-electron chi connectivity index (χ3n) is 4.26. The number of nitrogens with zero attached hydrogens (tertiary/aromatic N) is 1. The average molecular weight is 269 g/mol. The largest absolute Gasteiger partial charge is 0.394 e. The van der Waals surface area contributed by atoms with Gasteiger partial charge >= 0.3 is 0 Å². The lowest BCUT2D eigenvalue weighted by molar-refractivity contribution is -0.137. The summed E-state index contributed by atoms with van der Waals surface area (Å²) >= 11 is 0. The first-order valence-electron chi connectivity index (χ1n) is 8.15. The predicted molar refractivity (Wildman–Crippen MR) is 79.0 cm³/mol. The zero-order valence-electron chi connectivity index (χ0n) is 12.7. The molecule has 0 bridgehead atoms. The van der Waals surface area contributed by atoms with E-state index >= 15 is 0 Å². The van der Waals surface area contributed by atoms with Crippen molar-refractivity contribution in [2.24, 2.45) is 5.92 Å². The summed E-state index contributed by atoms with van der Waals surface area (Å²) in [5.74, 6) is 0.490. The first-order valence-corrected chi connectivity index (χ1v) is 8.15. The number of carbonyl (C=O) groups is 1. The van der Waals surface area contributed by atoms with E-state index in [2.05, 4.69) is 13.8 Å². The zero-order chi connectivity index (χ0) is 14.1. The monoisotopic (exact) mass is 269 g/mol. The number of unbranched alkanes of at least 4 members (excludes halogenated alkanes) is 3. The van der Waals surface area contributed by atoms with Crippen LogP contribution in [0.25, 0.3) is 0 Å². The Morgan fingerprint density at radius 3 is 2.63 bits per heavy atom. The van der Waals surface area contributed by atoms with E-state index in [4.69, 9.17) is 0 Å². The molecule has 1 N–H and O–H groups in total. The quantitative estimate of drug-likeness (QED) is 0.652. The summed E-state index contributed by atoms with van der Waals surface area (Å²) in [7, 11) is 0. The third kappa shape index (κ3) is 5.13. The molecule has 0 saturated carbocycles. The van der Waals surface area contributed by atoms with Crippen LogP contribution in [0.3, 0.4) is 0 Å². The molecule has 1 amide bonds. The van der Waals surface area contributed by atoms with Crippen LogP contribution < -0.4 is 0 Å². The molecule has 19 heavy (non-hydrogen) atoms. The van der Waals surface area contributed by atoms with Gasteiger partial charge < -0.3 is 10.0 Å². The zero-order valence-corrected chi connectivity index (χ0v) is 12.7. The second-order valence-electron chi connectivity index (χ2n) is 5.85. The smallest absolute Gasteiger partial charge is 0.226 e. The van der Waals surface area contributed by atoms with Gasteiger partial charge in [-0.2, -0.15) is 0 Å². The summed E-state index contributed by atoms with van der Waals surface area (Å²) in [6, 6.07) is 0.0856. The fourth-order valence-electron chi connectivity index (χ4n) is 3.11. The van der Waals surface area contributed by atoms with Gasteiger partial charge in [0.1, 0.15) is 0 Å². The standard InChI is InChI=1S/C16H31NO2/c1-3-5-6-7-10-14(9-4-2)16(19)17-12-8-11-15(17)13-18/h14-15,18H,3-13H2,1-2H3/t14-,15-/m1/s1. The maximum atomic E-state index is 12.6. The van der Waals surface area contributed by atoms with Gasteiger partial charge in [-0.25, -0.2) is 0 Å². The molecule has 0 radical (unpaired) electrons. The van der Waals surface area contributed by atoms with E-state index in [1.54, 1.807) is 0 Å². The fourth-order valence-corrected chi connectivity index (χ4v) is 3.11. The van der Waals surface area contributed by atoms with Crippen molar-refractivity contribution in [1.82, 2.24) is 4.90 Å². The first-order chi connectivity index (χ1) is 9.24. The Morgan fingerprint density at radius 2 is 2.00 bits per heavy atom. The summed E-state index contributed by atoms with van der Waals surface area (Å²) in [6.07, 6.45) is 10.0. The van der Waals surface area contributed by atoms with Gasteiger partial charge in [-0.1, -0.05) is 46.0 Å². The van der Waals surface area contributed by atoms with Gasteiger partial charge in [0.15, 0.2) is 0 Å². The SMILES string of the molecule is CCCCCC[C@@H](CCC)C(=O)N1CCC[C@@H]1CO. The molecule has 2 atom stereocenters. The number of rotatable bonds is 9. The first kappa shape index (κ1) is 16.5. The Hall–Kier alpha value is -0.570. The average Bonchev–Trinajstić information content (AvgIpc) is 2.90. The van der Waals surface area contributed by atoms with E-state index in [1.165, 1.54) is 25.7 Å². The summed E-state index contributed by atoms with van der Waals surface area (Å²) < 4.78 is 0. The van der Waals surface area contributed by atoms with Gasteiger partial charge in [0.2, 0.25) is 5.91 Å². The number of amides is 1. The van der Waals surface area contributed by atoms with Crippen molar-refractivity contribution >= 4 is 5.91 Å². The highest BCUT2D eigenvalue weighted by Crippen LogP contribution is 2.24. The molecule has 112 valence electrons. The number of carbonyl (C=O) groups excluding carboxylic acids is 1. The normalized spacial score (nSPS) is 20.8. The molecule has 0 spiro atoms. The summed E-state index contributed by atoms with van der Waals surface area (Å²) in [6.45, 7) is 5.34. The van der Waals surface area contributed by atoms with Gasteiger partial charge in [-0.15, -0.1) is 0 Å². The molecule has 0 aliphatic carbocycles. The third-order valence-corrected chi connectivity index (χ3v) is 4.26. The molecule has 1 rings (SSSR count). The van der Waals surface area contributed by atoms with Crippen LogP contribution in [0.5, 0.6) is 0 Å². The Bertz CT molecular complexity index is 255. The van der Waals surface area contributed by atoms with Gasteiger partial charge in [0, 0.05) is 12.5 Å². The number of aliphatic hydroxyl groups is 1. The second-order valence-corrected chi connectivity index (χ2v) is 5.85. The highest BCUT2D eigenvalue weighted by molar-refractivity contribution is 5.79. The molecule has 0 aromatic rings. The van der Waals surface area contributed by atoms with E-state index < -0.39 is 0 Å². The lowest BCUT2D eigenvalue weighted by atomic mass is 9.94. The lowest BCUT2D eigenvalue weighted by Crippen LogP contribution is -2.41. The highest BCUT2D eigenvalue weighted by atomic mass is 16.3. The molecule has 0 aromatic carbocycles. The molecule has 1 saturated heterocycles. The second kappa shape index (κ2) is 9.35. The minimum Gasteiger partial charge on any atom is -0.394 e. The Morgan fingerprint density at radius 1 is 1.21 bits per heavy atom. The topological polar surface area (TPSA) is 40.5 Å². The van der Waals surface area contributed by atoms with E-state index in [9.17, 15) is 9.90 Å². The summed E-state index contributed by atoms with van der Waals surface area (Å²) in [4.78, 5) is 14.5. The molecule has 0 aromatic heterocycles. The molecule has 1 aliphatic rings. The van der Waals surface area contributed by atoms with Gasteiger partial charge in [-0.3, -0.25) is 4.79 Å². The molecule has 1 aliphatic heterocycles. The van der Waals surface area contributed by atoms with Crippen LogP contribution in [0.1, 0.15) is 71.6 Å². The minimum atomic E-state index is 0.0856. The molecule has 3 heteroatoms. The van der Waals surface area contributed by atoms with Crippen molar-refractivity contribution in [2.45, 2.75) is 77.7 Å². The maximum absolute atomic E-state index is 12.6. The Balaban J connectivity index is 2.46. The van der Waals surface area contributed by atoms with Crippen LogP contribution in [-0.2, 0) is 4.79 Å². The molecule has 3 nitrogen and oxygen atoms in total. The molecular formula is C16H31NO2. The van der Waals surface area contributed by atoms with Gasteiger partial charge in [0.25, 0.3) is 0 Å². The summed E-state index contributed by atoms with van der Waals surface area (Å²) in [5, 5.41) is 9.35. The van der Waals surface area contributed by atoms with Crippen LogP contribution >= 0.6 is 0 Å². The molecular weight excluding hydrogens is 238 g/mol. The van der Waals surface area contributed by atoms with E-state index in [1.807, 2.05) is 4.90 Å². The van der Waals surface area contributed by atoms with Gasteiger partial charge in [-0.05, 0) is 25.7 Å². The van der Waals surface area contributed by atoms with Crippen LogP contribution in [0.4, 0.5) is 0 Å². The van der Waals surface area contributed by atoms with Crippen molar-refractivity contribution in [3.63, 3.8) is 0 Å². The number of aliphatic hydroxyl groups excluding tert-OH is 1. The minimum absolute atomic E-state index is 0.0856. The summed E-state index contributed by atoms with van der Waals surface area (Å²) in [5.41, 5.74) is 0. The van der Waals surface area contributed by atoms with Crippen LogP contribution in [0, 0.1) is 5.92 Å². The van der Waals surface area contributed by atoms with Crippen LogP contribution in [0.2, 0.25) is 0 Å².